The Balaban J connectivity index is 1.63. The molecule has 1 N–H and O–H groups in total. The highest BCUT2D eigenvalue weighted by Gasteiger charge is 2.25. The zero-order chi connectivity index (χ0) is 12.3. The number of hydrogen-bond donors (Lipinski definition) is 1. The Morgan fingerprint density at radius 2 is 2.29 bits per heavy atom. The molecule has 4 nitrogen and oxygen atoms in total. The van der Waals surface area contributed by atoms with Gasteiger partial charge in [0.2, 0.25) is 0 Å². The Hall–Kier alpha value is -0.870. The Kier molecular flexibility index (Phi) is 4.18. The van der Waals surface area contributed by atoms with E-state index in [1.807, 2.05) is 10.9 Å². The van der Waals surface area contributed by atoms with Crippen molar-refractivity contribution >= 4 is 0 Å². The molecule has 4 heteroatoms. The van der Waals surface area contributed by atoms with Crippen molar-refractivity contribution in [2.45, 2.75) is 45.3 Å². The van der Waals surface area contributed by atoms with Gasteiger partial charge in [0.15, 0.2) is 0 Å². The minimum atomic E-state index is 0.449. The first-order valence-electron chi connectivity index (χ1n) is 6.61. The summed E-state index contributed by atoms with van der Waals surface area (Å²) in [6, 6.07) is 1.31. The van der Waals surface area contributed by atoms with E-state index in [1.54, 1.807) is 0 Å². The summed E-state index contributed by atoms with van der Waals surface area (Å²) in [5.74, 6) is 0. The molecule has 0 saturated heterocycles. The van der Waals surface area contributed by atoms with Crippen LogP contribution in [0.3, 0.4) is 0 Å². The van der Waals surface area contributed by atoms with E-state index in [-0.39, 0.29) is 0 Å². The number of rotatable bonds is 7. The molecule has 0 amide bonds. The molecule has 0 bridgehead atoms. The van der Waals surface area contributed by atoms with Gasteiger partial charge in [-0.05, 0) is 33.7 Å². The lowest BCUT2D eigenvalue weighted by Crippen LogP contribution is -2.30. The summed E-state index contributed by atoms with van der Waals surface area (Å²) in [5, 5.41) is 7.81. The molecule has 1 aliphatic carbocycles. The summed E-state index contributed by atoms with van der Waals surface area (Å²) in [4.78, 5) is 2.45. The molecule has 17 heavy (non-hydrogen) atoms. The van der Waals surface area contributed by atoms with E-state index in [9.17, 15) is 0 Å². The molecule has 2 rings (SSSR count). The van der Waals surface area contributed by atoms with Gasteiger partial charge in [0.1, 0.15) is 0 Å². The van der Waals surface area contributed by atoms with Crippen LogP contribution in [0.2, 0.25) is 0 Å². The lowest BCUT2D eigenvalue weighted by Gasteiger charge is -2.15. The van der Waals surface area contributed by atoms with Gasteiger partial charge >= 0.3 is 0 Å². The molecule has 1 heterocycles. The van der Waals surface area contributed by atoms with E-state index in [4.69, 9.17) is 0 Å². The fraction of sp³-hybridized carbons (Fsp3) is 0.769. The van der Waals surface area contributed by atoms with Crippen molar-refractivity contribution in [3.63, 3.8) is 0 Å². The Bertz CT molecular complexity index is 341. The summed E-state index contributed by atoms with van der Waals surface area (Å²) in [6.07, 6.45) is 6.86. The molecule has 1 aromatic rings. The first-order valence-corrected chi connectivity index (χ1v) is 6.61. The second-order valence-electron chi connectivity index (χ2n) is 5.31. The van der Waals surface area contributed by atoms with Gasteiger partial charge in [-0.2, -0.15) is 5.10 Å². The van der Waals surface area contributed by atoms with Crippen LogP contribution >= 0.6 is 0 Å². The molecule has 0 aromatic carbocycles. The summed E-state index contributed by atoms with van der Waals surface area (Å²) >= 11 is 0. The third-order valence-corrected chi connectivity index (χ3v) is 3.32. The molecule has 1 aromatic heterocycles. The average molecular weight is 236 g/mol. The van der Waals surface area contributed by atoms with Crippen molar-refractivity contribution in [2.75, 3.05) is 20.1 Å². The van der Waals surface area contributed by atoms with Gasteiger partial charge in [0, 0.05) is 43.5 Å². The lowest BCUT2D eigenvalue weighted by molar-refractivity contribution is 0.321. The van der Waals surface area contributed by atoms with Crippen LogP contribution in [0.25, 0.3) is 0 Å². The molecule has 0 radical (unpaired) electrons. The van der Waals surface area contributed by atoms with Crippen molar-refractivity contribution in [1.29, 1.82) is 0 Å². The fourth-order valence-electron chi connectivity index (χ4n) is 1.94. The van der Waals surface area contributed by atoms with Crippen molar-refractivity contribution in [2.24, 2.45) is 0 Å². The van der Waals surface area contributed by atoms with Crippen LogP contribution in [-0.4, -0.2) is 40.9 Å². The van der Waals surface area contributed by atoms with Gasteiger partial charge in [0.25, 0.3) is 0 Å². The predicted molar refractivity (Wildman–Crippen MR) is 70.0 cm³/mol. The minimum absolute atomic E-state index is 0.449. The normalized spacial score (nSPS) is 16.1. The van der Waals surface area contributed by atoms with Crippen LogP contribution in [0.1, 0.15) is 38.3 Å². The minimum Gasteiger partial charge on any atom is -0.311 e. The van der Waals surface area contributed by atoms with Crippen LogP contribution in [0.5, 0.6) is 0 Å². The lowest BCUT2D eigenvalue weighted by atomic mass is 10.3. The third-order valence-electron chi connectivity index (χ3n) is 3.32. The van der Waals surface area contributed by atoms with E-state index in [0.29, 0.717) is 6.04 Å². The number of likely N-dealkylation sites (N-methyl/N-ethyl adjacent to an activating group) is 1. The topological polar surface area (TPSA) is 33.1 Å². The van der Waals surface area contributed by atoms with Crippen molar-refractivity contribution in [1.82, 2.24) is 20.0 Å². The van der Waals surface area contributed by atoms with E-state index in [2.05, 4.69) is 42.4 Å². The van der Waals surface area contributed by atoms with Gasteiger partial charge in [0.05, 0.1) is 6.20 Å². The van der Waals surface area contributed by atoms with Crippen molar-refractivity contribution < 1.29 is 0 Å². The van der Waals surface area contributed by atoms with Crippen molar-refractivity contribution in [3.05, 3.63) is 18.0 Å². The van der Waals surface area contributed by atoms with Gasteiger partial charge in [-0.3, -0.25) is 4.68 Å². The molecule has 0 aliphatic heterocycles. The van der Waals surface area contributed by atoms with Crippen LogP contribution in [-0.2, 0) is 6.54 Å². The van der Waals surface area contributed by atoms with Crippen molar-refractivity contribution in [3.8, 4) is 0 Å². The maximum atomic E-state index is 4.33. The Morgan fingerprint density at radius 3 is 2.88 bits per heavy atom. The van der Waals surface area contributed by atoms with E-state index < -0.39 is 0 Å². The van der Waals surface area contributed by atoms with Gasteiger partial charge in [-0.15, -0.1) is 0 Å². The molecule has 1 saturated carbocycles. The highest BCUT2D eigenvalue weighted by Crippen LogP contribution is 2.24. The molecular formula is C13H24N4. The van der Waals surface area contributed by atoms with Crippen LogP contribution in [0, 0.1) is 0 Å². The standard InChI is InChI=1S/C13H24N4/c1-11(2)17-10-12(9-15-17)8-14-6-7-16(3)13-4-5-13/h9-11,13-14H,4-8H2,1-3H3. The number of nitrogens with zero attached hydrogens (tertiary/aromatic N) is 3. The predicted octanol–water partition coefficient (Wildman–Crippen LogP) is 1.65. The third kappa shape index (κ3) is 3.82. The molecule has 0 atom stereocenters. The number of aromatic nitrogens is 2. The number of nitrogens with one attached hydrogen (secondary N) is 1. The second-order valence-corrected chi connectivity index (χ2v) is 5.31. The summed E-state index contributed by atoms with van der Waals surface area (Å²) in [5.41, 5.74) is 1.27. The SMILES string of the molecule is CC(C)n1cc(CNCCN(C)C2CC2)cn1. The smallest absolute Gasteiger partial charge is 0.0534 e. The highest BCUT2D eigenvalue weighted by molar-refractivity contribution is 5.03. The maximum Gasteiger partial charge on any atom is 0.0534 e. The number of hydrogen-bond acceptors (Lipinski definition) is 3. The summed E-state index contributed by atoms with van der Waals surface area (Å²) in [7, 11) is 2.22. The van der Waals surface area contributed by atoms with E-state index >= 15 is 0 Å². The molecule has 96 valence electrons. The van der Waals surface area contributed by atoms with E-state index in [0.717, 1.165) is 25.7 Å². The quantitative estimate of drug-likeness (QED) is 0.731. The van der Waals surface area contributed by atoms with Crippen LogP contribution in [0.4, 0.5) is 0 Å². The highest BCUT2D eigenvalue weighted by atomic mass is 15.3. The first-order chi connectivity index (χ1) is 8.16. The zero-order valence-electron chi connectivity index (χ0n) is 11.2. The monoisotopic (exact) mass is 236 g/mol. The molecular weight excluding hydrogens is 212 g/mol. The molecule has 0 spiro atoms. The second kappa shape index (κ2) is 5.65. The van der Waals surface area contributed by atoms with Crippen LogP contribution in [0.15, 0.2) is 12.4 Å². The molecule has 1 fully saturated rings. The summed E-state index contributed by atoms with van der Waals surface area (Å²) in [6.45, 7) is 7.41. The van der Waals surface area contributed by atoms with Gasteiger partial charge in [-0.25, -0.2) is 0 Å². The maximum absolute atomic E-state index is 4.33. The summed E-state index contributed by atoms with van der Waals surface area (Å²) < 4.78 is 2.01. The fourth-order valence-corrected chi connectivity index (χ4v) is 1.94. The van der Waals surface area contributed by atoms with E-state index in [1.165, 1.54) is 18.4 Å². The average Bonchev–Trinajstić information content (AvgIpc) is 3.03. The first kappa shape index (κ1) is 12.6. The molecule has 0 unspecified atom stereocenters. The largest absolute Gasteiger partial charge is 0.311 e. The van der Waals surface area contributed by atoms with Gasteiger partial charge in [-0.1, -0.05) is 0 Å². The van der Waals surface area contributed by atoms with Gasteiger partial charge < -0.3 is 10.2 Å². The van der Waals surface area contributed by atoms with Crippen LogP contribution < -0.4 is 5.32 Å². The Labute approximate surface area is 104 Å². The Morgan fingerprint density at radius 1 is 1.53 bits per heavy atom. The molecule has 1 aliphatic rings. The zero-order valence-corrected chi connectivity index (χ0v) is 11.2.